The molecular formula is C14H9Cl2N3O. The number of nitrogens with zero attached hydrogens (tertiary/aromatic N) is 1. The maximum Gasteiger partial charge on any atom is 0.256 e. The number of rotatable bonds is 2. The fourth-order valence-electron chi connectivity index (χ4n) is 1.88. The number of para-hydroxylation sites is 1. The van der Waals surface area contributed by atoms with E-state index in [1.165, 1.54) is 6.07 Å². The molecule has 0 fully saturated rings. The van der Waals surface area contributed by atoms with Crippen molar-refractivity contribution >= 4 is 45.8 Å². The van der Waals surface area contributed by atoms with Gasteiger partial charge < -0.3 is 5.32 Å². The number of aromatic nitrogens is 2. The van der Waals surface area contributed by atoms with E-state index in [9.17, 15) is 4.79 Å². The highest BCUT2D eigenvalue weighted by Gasteiger charge is 2.12. The van der Waals surface area contributed by atoms with E-state index in [-0.39, 0.29) is 5.91 Å². The number of carbonyl (C=O) groups is 1. The zero-order valence-electron chi connectivity index (χ0n) is 10.2. The third-order valence-electron chi connectivity index (χ3n) is 2.88. The van der Waals surface area contributed by atoms with Crippen molar-refractivity contribution in [2.75, 3.05) is 5.32 Å². The molecule has 3 aromatic rings. The molecule has 2 N–H and O–H groups in total. The van der Waals surface area contributed by atoms with Crippen molar-refractivity contribution in [3.8, 4) is 0 Å². The van der Waals surface area contributed by atoms with Crippen LogP contribution in [-0.4, -0.2) is 16.1 Å². The average Bonchev–Trinajstić information content (AvgIpc) is 2.85. The number of carbonyl (C=O) groups excluding carboxylic acids is 1. The third-order valence-corrected chi connectivity index (χ3v) is 3.62. The summed E-state index contributed by atoms with van der Waals surface area (Å²) in [6.07, 6.45) is 0. The Kier molecular flexibility index (Phi) is 3.34. The SMILES string of the molecule is O=C(Nc1n[nH]c2ccccc12)c1ccc(Cl)c(Cl)c1. The molecule has 3 rings (SSSR count). The van der Waals surface area contributed by atoms with E-state index in [1.54, 1.807) is 12.1 Å². The van der Waals surface area contributed by atoms with Gasteiger partial charge in [-0.25, -0.2) is 0 Å². The molecule has 0 bridgehead atoms. The van der Waals surface area contributed by atoms with Gasteiger partial charge in [-0.3, -0.25) is 9.89 Å². The van der Waals surface area contributed by atoms with Crippen LogP contribution in [0.1, 0.15) is 10.4 Å². The summed E-state index contributed by atoms with van der Waals surface area (Å²) in [5.74, 6) is 0.192. The van der Waals surface area contributed by atoms with Crippen LogP contribution in [0.5, 0.6) is 0 Å². The second kappa shape index (κ2) is 5.15. The summed E-state index contributed by atoms with van der Waals surface area (Å²) >= 11 is 11.7. The fourth-order valence-corrected chi connectivity index (χ4v) is 2.17. The standard InChI is InChI=1S/C14H9Cl2N3O/c15-10-6-5-8(7-11(10)16)14(20)17-13-9-3-1-2-4-12(9)18-19-13/h1-7H,(H2,17,18,19,20). The second-order valence-corrected chi connectivity index (χ2v) is 5.02. The predicted molar refractivity (Wildman–Crippen MR) is 80.5 cm³/mol. The van der Waals surface area contributed by atoms with Gasteiger partial charge >= 0.3 is 0 Å². The molecule has 0 atom stereocenters. The number of hydrogen-bond donors (Lipinski definition) is 2. The lowest BCUT2D eigenvalue weighted by Gasteiger charge is -2.04. The number of hydrogen-bond acceptors (Lipinski definition) is 2. The van der Waals surface area contributed by atoms with Crippen LogP contribution >= 0.6 is 23.2 Å². The molecule has 2 aromatic carbocycles. The number of amides is 1. The van der Waals surface area contributed by atoms with Crippen LogP contribution in [0.2, 0.25) is 10.0 Å². The smallest absolute Gasteiger partial charge is 0.256 e. The molecule has 0 unspecified atom stereocenters. The first kappa shape index (κ1) is 13.0. The molecule has 100 valence electrons. The number of benzene rings is 2. The highest BCUT2D eigenvalue weighted by molar-refractivity contribution is 6.42. The minimum absolute atomic E-state index is 0.291. The summed E-state index contributed by atoms with van der Waals surface area (Å²) in [5.41, 5.74) is 1.28. The van der Waals surface area contributed by atoms with E-state index in [2.05, 4.69) is 15.5 Å². The summed E-state index contributed by atoms with van der Waals surface area (Å²) in [7, 11) is 0. The van der Waals surface area contributed by atoms with E-state index in [1.807, 2.05) is 24.3 Å². The highest BCUT2D eigenvalue weighted by atomic mass is 35.5. The van der Waals surface area contributed by atoms with Crippen molar-refractivity contribution in [2.45, 2.75) is 0 Å². The molecule has 4 nitrogen and oxygen atoms in total. The Bertz CT molecular complexity index is 798. The first-order chi connectivity index (χ1) is 9.65. The van der Waals surface area contributed by atoms with Gasteiger partial charge in [0.25, 0.3) is 5.91 Å². The van der Waals surface area contributed by atoms with Crippen LogP contribution in [0.25, 0.3) is 10.9 Å². The molecule has 0 aliphatic carbocycles. The molecular weight excluding hydrogens is 297 g/mol. The van der Waals surface area contributed by atoms with Crippen molar-refractivity contribution in [1.29, 1.82) is 0 Å². The minimum atomic E-state index is -0.291. The van der Waals surface area contributed by atoms with Gasteiger partial charge in [0.05, 0.1) is 15.6 Å². The lowest BCUT2D eigenvalue weighted by atomic mass is 10.2. The molecule has 0 aliphatic heterocycles. The van der Waals surface area contributed by atoms with Gasteiger partial charge in [-0.05, 0) is 30.3 Å². The van der Waals surface area contributed by atoms with Crippen LogP contribution in [0.15, 0.2) is 42.5 Å². The minimum Gasteiger partial charge on any atom is -0.305 e. The molecule has 1 heterocycles. The van der Waals surface area contributed by atoms with E-state index in [0.29, 0.717) is 21.4 Å². The van der Waals surface area contributed by atoms with E-state index >= 15 is 0 Å². The predicted octanol–water partition coefficient (Wildman–Crippen LogP) is 4.12. The number of nitrogens with one attached hydrogen (secondary N) is 2. The van der Waals surface area contributed by atoms with Crippen LogP contribution in [0.4, 0.5) is 5.82 Å². The molecule has 6 heteroatoms. The molecule has 1 amide bonds. The first-order valence-electron chi connectivity index (χ1n) is 5.84. The molecule has 0 radical (unpaired) electrons. The molecule has 0 spiro atoms. The quantitative estimate of drug-likeness (QED) is 0.748. The van der Waals surface area contributed by atoms with Gasteiger partial charge in [-0.2, -0.15) is 5.10 Å². The Morgan fingerprint density at radius 2 is 1.90 bits per heavy atom. The summed E-state index contributed by atoms with van der Waals surface area (Å²) in [4.78, 5) is 12.2. The van der Waals surface area contributed by atoms with Gasteiger partial charge in [-0.1, -0.05) is 35.3 Å². The lowest BCUT2D eigenvalue weighted by Crippen LogP contribution is -2.12. The maximum atomic E-state index is 12.2. The van der Waals surface area contributed by atoms with E-state index in [4.69, 9.17) is 23.2 Å². The number of H-pyrrole nitrogens is 1. The molecule has 0 aliphatic rings. The van der Waals surface area contributed by atoms with Gasteiger partial charge in [0, 0.05) is 10.9 Å². The molecule has 20 heavy (non-hydrogen) atoms. The first-order valence-corrected chi connectivity index (χ1v) is 6.60. The Morgan fingerprint density at radius 3 is 2.70 bits per heavy atom. The highest BCUT2D eigenvalue weighted by Crippen LogP contribution is 2.24. The van der Waals surface area contributed by atoms with Crippen molar-refractivity contribution in [3.63, 3.8) is 0 Å². The molecule has 0 saturated carbocycles. The van der Waals surface area contributed by atoms with Gasteiger partial charge in [0.15, 0.2) is 5.82 Å². The Labute approximate surface area is 124 Å². The topological polar surface area (TPSA) is 57.8 Å². The van der Waals surface area contributed by atoms with Gasteiger partial charge in [-0.15, -0.1) is 0 Å². The van der Waals surface area contributed by atoms with Gasteiger partial charge in [0.1, 0.15) is 0 Å². The molecule has 0 saturated heterocycles. The lowest BCUT2D eigenvalue weighted by molar-refractivity contribution is 0.102. The second-order valence-electron chi connectivity index (χ2n) is 4.20. The molecule has 1 aromatic heterocycles. The zero-order chi connectivity index (χ0) is 14.1. The number of anilines is 1. The Hall–Kier alpha value is -2.04. The fraction of sp³-hybridized carbons (Fsp3) is 0. The summed E-state index contributed by atoms with van der Waals surface area (Å²) in [5, 5.41) is 11.3. The summed E-state index contributed by atoms with van der Waals surface area (Å²) in [6, 6.07) is 12.3. The van der Waals surface area contributed by atoms with Crippen LogP contribution < -0.4 is 5.32 Å². The largest absolute Gasteiger partial charge is 0.305 e. The van der Waals surface area contributed by atoms with Crippen LogP contribution in [0, 0.1) is 0 Å². The van der Waals surface area contributed by atoms with Crippen LogP contribution in [-0.2, 0) is 0 Å². The third kappa shape index (κ3) is 2.35. The van der Waals surface area contributed by atoms with Crippen molar-refractivity contribution in [2.24, 2.45) is 0 Å². The van der Waals surface area contributed by atoms with Crippen LogP contribution in [0.3, 0.4) is 0 Å². The average molecular weight is 306 g/mol. The van der Waals surface area contributed by atoms with E-state index < -0.39 is 0 Å². The Morgan fingerprint density at radius 1 is 1.10 bits per heavy atom. The normalized spacial score (nSPS) is 10.7. The number of fused-ring (bicyclic) bond motifs is 1. The van der Waals surface area contributed by atoms with E-state index in [0.717, 1.165) is 10.9 Å². The number of halogens is 2. The number of aromatic amines is 1. The van der Waals surface area contributed by atoms with Crippen molar-refractivity contribution in [1.82, 2.24) is 10.2 Å². The summed E-state index contributed by atoms with van der Waals surface area (Å²) in [6.45, 7) is 0. The van der Waals surface area contributed by atoms with Gasteiger partial charge in [0.2, 0.25) is 0 Å². The summed E-state index contributed by atoms with van der Waals surface area (Å²) < 4.78 is 0. The maximum absolute atomic E-state index is 12.2. The van der Waals surface area contributed by atoms with Crippen molar-refractivity contribution in [3.05, 3.63) is 58.1 Å². The van der Waals surface area contributed by atoms with Crippen molar-refractivity contribution < 1.29 is 4.79 Å². The monoisotopic (exact) mass is 305 g/mol. The Balaban J connectivity index is 1.90. The zero-order valence-corrected chi connectivity index (χ0v) is 11.7.